The number of hydrogen-bond donors (Lipinski definition) is 0. The van der Waals surface area contributed by atoms with Crippen LogP contribution in [0.4, 0.5) is 5.69 Å². The zero-order valence-electron chi connectivity index (χ0n) is 14.1. The second-order valence-electron chi connectivity index (χ2n) is 5.74. The third-order valence-electron chi connectivity index (χ3n) is 4.13. The third-order valence-corrected chi connectivity index (χ3v) is 4.75. The third kappa shape index (κ3) is 4.50. The molecule has 2 aromatic rings. The first-order valence-electron chi connectivity index (χ1n) is 8.16. The topological polar surface area (TPSA) is 38.8 Å². The summed E-state index contributed by atoms with van der Waals surface area (Å²) in [5.74, 6) is 0.752. The van der Waals surface area contributed by atoms with Gasteiger partial charge in [0.1, 0.15) is 5.75 Å². The molecule has 3 rings (SSSR count). The average molecular weight is 402 g/mol. The van der Waals surface area contributed by atoms with Crippen LogP contribution in [0, 0.1) is 0 Å². The first kappa shape index (κ1) is 17.7. The van der Waals surface area contributed by atoms with E-state index in [2.05, 4.69) is 20.8 Å². The predicted molar refractivity (Wildman–Crippen MR) is 104 cm³/mol. The zero-order valence-corrected chi connectivity index (χ0v) is 15.7. The van der Waals surface area contributed by atoms with Gasteiger partial charge < -0.3 is 14.4 Å². The molecule has 5 heteroatoms. The molecule has 0 unspecified atom stereocenters. The summed E-state index contributed by atoms with van der Waals surface area (Å²) in [4.78, 5) is 14.6. The molecule has 0 N–H and O–H groups in total. The molecule has 0 aliphatic carbocycles. The summed E-state index contributed by atoms with van der Waals surface area (Å²) in [6.45, 7) is 3.28. The van der Waals surface area contributed by atoms with Gasteiger partial charge in [0.15, 0.2) is 5.78 Å². The molecule has 0 radical (unpaired) electrons. The summed E-state index contributed by atoms with van der Waals surface area (Å²) >= 11 is 3.45. The first-order chi connectivity index (χ1) is 12.2. The largest absolute Gasteiger partial charge is 0.496 e. The highest BCUT2D eigenvalue weighted by atomic mass is 79.9. The van der Waals surface area contributed by atoms with Crippen molar-refractivity contribution in [2.75, 3.05) is 38.3 Å². The maximum absolute atomic E-state index is 12.4. The van der Waals surface area contributed by atoms with E-state index in [1.54, 1.807) is 13.2 Å². The van der Waals surface area contributed by atoms with Gasteiger partial charge in [-0.05, 0) is 64.0 Å². The number of halogens is 1. The Kier molecular flexibility index (Phi) is 5.89. The zero-order chi connectivity index (χ0) is 17.6. The molecule has 1 aliphatic rings. The SMILES string of the molecule is COc1ccc(/C=C/C(=O)c2ccc(N3CCOCC3)cc2)cc1Br. The Balaban J connectivity index is 1.67. The minimum atomic E-state index is -0.0135. The Labute approximate surface area is 156 Å². The molecule has 1 fully saturated rings. The second-order valence-corrected chi connectivity index (χ2v) is 6.59. The number of nitrogens with zero attached hydrogens (tertiary/aromatic N) is 1. The number of anilines is 1. The minimum absolute atomic E-state index is 0.0135. The molecule has 0 aromatic heterocycles. The summed E-state index contributed by atoms with van der Waals surface area (Å²) in [5, 5.41) is 0. The van der Waals surface area contributed by atoms with E-state index in [9.17, 15) is 4.79 Å². The number of benzene rings is 2. The van der Waals surface area contributed by atoms with Crippen LogP contribution in [0.2, 0.25) is 0 Å². The molecule has 0 atom stereocenters. The predicted octanol–water partition coefficient (Wildman–Crippen LogP) is 4.19. The highest BCUT2D eigenvalue weighted by molar-refractivity contribution is 9.10. The van der Waals surface area contributed by atoms with Gasteiger partial charge in [-0.3, -0.25) is 4.79 Å². The van der Waals surface area contributed by atoms with E-state index >= 15 is 0 Å². The number of ether oxygens (including phenoxy) is 2. The van der Waals surface area contributed by atoms with Crippen LogP contribution in [-0.2, 0) is 4.74 Å². The summed E-state index contributed by atoms with van der Waals surface area (Å²) in [5.41, 5.74) is 2.75. The van der Waals surface area contributed by atoms with Gasteiger partial charge in [0, 0.05) is 24.3 Å². The molecule has 0 saturated carbocycles. The Morgan fingerprint density at radius 3 is 2.52 bits per heavy atom. The average Bonchev–Trinajstić information content (AvgIpc) is 2.67. The van der Waals surface area contributed by atoms with Crippen molar-refractivity contribution < 1.29 is 14.3 Å². The van der Waals surface area contributed by atoms with Crippen molar-refractivity contribution in [3.63, 3.8) is 0 Å². The number of methoxy groups -OCH3 is 1. The number of ketones is 1. The smallest absolute Gasteiger partial charge is 0.185 e. The van der Waals surface area contributed by atoms with Crippen molar-refractivity contribution in [1.29, 1.82) is 0 Å². The number of morpholine rings is 1. The van der Waals surface area contributed by atoms with E-state index in [0.29, 0.717) is 5.56 Å². The van der Waals surface area contributed by atoms with Gasteiger partial charge in [-0.1, -0.05) is 12.1 Å². The van der Waals surface area contributed by atoms with E-state index in [-0.39, 0.29) is 5.78 Å². The molecule has 4 nitrogen and oxygen atoms in total. The first-order valence-corrected chi connectivity index (χ1v) is 8.95. The lowest BCUT2D eigenvalue weighted by Crippen LogP contribution is -2.36. The Morgan fingerprint density at radius 2 is 1.88 bits per heavy atom. The quantitative estimate of drug-likeness (QED) is 0.556. The van der Waals surface area contributed by atoms with E-state index in [4.69, 9.17) is 9.47 Å². The van der Waals surface area contributed by atoms with E-state index < -0.39 is 0 Å². The summed E-state index contributed by atoms with van der Waals surface area (Å²) in [6.07, 6.45) is 3.40. The molecule has 0 amide bonds. The molecule has 0 bridgehead atoms. The lowest BCUT2D eigenvalue weighted by atomic mass is 10.1. The van der Waals surface area contributed by atoms with E-state index in [1.165, 1.54) is 0 Å². The highest BCUT2D eigenvalue weighted by Gasteiger charge is 2.11. The highest BCUT2D eigenvalue weighted by Crippen LogP contribution is 2.26. The van der Waals surface area contributed by atoms with Gasteiger partial charge in [0.25, 0.3) is 0 Å². The van der Waals surface area contributed by atoms with E-state index in [1.807, 2.05) is 48.5 Å². The summed E-state index contributed by atoms with van der Waals surface area (Å²) in [7, 11) is 1.62. The van der Waals surface area contributed by atoms with Crippen LogP contribution < -0.4 is 9.64 Å². The number of carbonyl (C=O) groups is 1. The van der Waals surface area contributed by atoms with Crippen molar-refractivity contribution >= 4 is 33.5 Å². The van der Waals surface area contributed by atoms with Crippen molar-refractivity contribution in [1.82, 2.24) is 0 Å². The molecule has 1 aliphatic heterocycles. The molecular formula is C20H20BrNO3. The lowest BCUT2D eigenvalue weighted by molar-refractivity contribution is 0.104. The fourth-order valence-corrected chi connectivity index (χ4v) is 3.27. The van der Waals surface area contributed by atoms with Gasteiger partial charge >= 0.3 is 0 Å². The molecule has 0 spiro atoms. The van der Waals surface area contributed by atoms with Crippen LogP contribution in [-0.4, -0.2) is 39.2 Å². The Hall–Kier alpha value is -2.11. The van der Waals surface area contributed by atoms with Crippen LogP contribution in [0.25, 0.3) is 6.08 Å². The maximum atomic E-state index is 12.4. The van der Waals surface area contributed by atoms with Crippen molar-refractivity contribution in [3.05, 3.63) is 64.1 Å². The summed E-state index contributed by atoms with van der Waals surface area (Å²) in [6, 6.07) is 13.4. The monoisotopic (exact) mass is 401 g/mol. The van der Waals surface area contributed by atoms with Gasteiger partial charge in [0.2, 0.25) is 0 Å². The van der Waals surface area contributed by atoms with Crippen LogP contribution in [0.3, 0.4) is 0 Å². The number of allylic oxidation sites excluding steroid dienone is 1. The second kappa shape index (κ2) is 8.32. The van der Waals surface area contributed by atoms with Crippen molar-refractivity contribution in [2.45, 2.75) is 0 Å². The molecule has 25 heavy (non-hydrogen) atoms. The van der Waals surface area contributed by atoms with Crippen LogP contribution in [0.5, 0.6) is 5.75 Å². The number of carbonyl (C=O) groups excluding carboxylic acids is 1. The molecule has 130 valence electrons. The van der Waals surface area contributed by atoms with Crippen LogP contribution in [0.1, 0.15) is 15.9 Å². The Morgan fingerprint density at radius 1 is 1.16 bits per heavy atom. The van der Waals surface area contributed by atoms with Crippen molar-refractivity contribution in [3.8, 4) is 5.75 Å². The Bertz CT molecular complexity index is 765. The van der Waals surface area contributed by atoms with Crippen LogP contribution >= 0.6 is 15.9 Å². The van der Waals surface area contributed by atoms with Crippen LogP contribution in [0.15, 0.2) is 53.0 Å². The summed E-state index contributed by atoms with van der Waals surface area (Å²) < 4.78 is 11.4. The fraction of sp³-hybridized carbons (Fsp3) is 0.250. The molecular weight excluding hydrogens is 382 g/mol. The maximum Gasteiger partial charge on any atom is 0.185 e. The van der Waals surface area contributed by atoms with Gasteiger partial charge in [-0.15, -0.1) is 0 Å². The van der Waals surface area contributed by atoms with Gasteiger partial charge in [-0.2, -0.15) is 0 Å². The van der Waals surface area contributed by atoms with Gasteiger partial charge in [0.05, 0.1) is 24.8 Å². The number of rotatable bonds is 5. The number of hydrogen-bond acceptors (Lipinski definition) is 4. The van der Waals surface area contributed by atoms with E-state index in [0.717, 1.165) is 47.8 Å². The van der Waals surface area contributed by atoms with Gasteiger partial charge in [-0.25, -0.2) is 0 Å². The normalized spacial score (nSPS) is 14.7. The lowest BCUT2D eigenvalue weighted by Gasteiger charge is -2.28. The molecule has 1 heterocycles. The standard InChI is InChI=1S/C20H20BrNO3/c1-24-20-9-3-15(14-18(20)21)2-8-19(23)16-4-6-17(7-5-16)22-10-12-25-13-11-22/h2-9,14H,10-13H2,1H3/b8-2+. The minimum Gasteiger partial charge on any atom is -0.496 e. The molecule has 2 aromatic carbocycles. The fourth-order valence-electron chi connectivity index (χ4n) is 2.71. The molecule has 1 saturated heterocycles. The van der Waals surface area contributed by atoms with Crippen molar-refractivity contribution in [2.24, 2.45) is 0 Å².